The molecule has 0 radical (unpaired) electrons. The summed E-state index contributed by atoms with van der Waals surface area (Å²) in [4.78, 5) is 12.8. The Hall–Kier alpha value is -2.33. The smallest absolute Gasteiger partial charge is 0.257 e. The van der Waals surface area contributed by atoms with Gasteiger partial charge in [0.2, 0.25) is 15.2 Å². The Balaban J connectivity index is 1.46. The number of sulfonamides is 1. The van der Waals surface area contributed by atoms with Crippen LogP contribution in [-0.2, 0) is 10.0 Å². The molecule has 0 spiro atoms. The quantitative estimate of drug-likeness (QED) is 0.577. The summed E-state index contributed by atoms with van der Waals surface area (Å²) in [5.41, 5.74) is 1.08. The normalized spacial score (nSPS) is 15.4. The molecule has 1 amide bonds. The number of anilines is 1. The zero-order valence-corrected chi connectivity index (χ0v) is 19.0. The van der Waals surface area contributed by atoms with Crippen LogP contribution >= 0.6 is 22.9 Å². The van der Waals surface area contributed by atoms with E-state index in [4.69, 9.17) is 11.6 Å². The van der Waals surface area contributed by atoms with Crippen LogP contribution in [0.3, 0.4) is 0 Å². The first-order valence-electron chi connectivity index (χ1n) is 9.95. The Morgan fingerprint density at radius 3 is 2.32 bits per heavy atom. The zero-order chi connectivity index (χ0) is 21.8. The molecule has 1 aliphatic rings. The van der Waals surface area contributed by atoms with Crippen molar-refractivity contribution in [3.8, 4) is 10.6 Å². The van der Waals surface area contributed by atoms with Crippen molar-refractivity contribution in [3.05, 3.63) is 59.1 Å². The highest BCUT2D eigenvalue weighted by Crippen LogP contribution is 2.31. The van der Waals surface area contributed by atoms with E-state index < -0.39 is 10.0 Å². The predicted molar refractivity (Wildman–Crippen MR) is 122 cm³/mol. The number of carbonyl (C=O) groups is 1. The number of aromatic nitrogens is 2. The van der Waals surface area contributed by atoms with Gasteiger partial charge in [-0.15, -0.1) is 10.2 Å². The molecule has 162 valence electrons. The van der Waals surface area contributed by atoms with Crippen molar-refractivity contribution in [1.82, 2.24) is 14.5 Å². The number of rotatable bonds is 5. The minimum Gasteiger partial charge on any atom is -0.296 e. The van der Waals surface area contributed by atoms with E-state index in [1.165, 1.54) is 39.9 Å². The van der Waals surface area contributed by atoms with Gasteiger partial charge in [0.1, 0.15) is 0 Å². The number of carbonyl (C=O) groups excluding carboxylic acids is 1. The van der Waals surface area contributed by atoms with Crippen LogP contribution in [-0.4, -0.2) is 41.9 Å². The highest BCUT2D eigenvalue weighted by atomic mass is 35.5. The van der Waals surface area contributed by atoms with Crippen LogP contribution in [0.4, 0.5) is 5.13 Å². The Bertz CT molecular complexity index is 1170. The van der Waals surface area contributed by atoms with E-state index in [0.29, 0.717) is 33.8 Å². The standard InChI is InChI=1S/C21H21ClN4O3S2/c22-18-8-4-3-7-17(18)20-24-25-21(30-20)23-19(27)15-9-11-16(12-10-15)31(28,29)26-13-5-1-2-6-14-26/h3-4,7-12H,1-2,5-6,13-14H2,(H,23,25,27). The van der Waals surface area contributed by atoms with Crippen molar-refractivity contribution < 1.29 is 13.2 Å². The molecule has 4 rings (SSSR count). The van der Waals surface area contributed by atoms with Gasteiger partial charge in [-0.3, -0.25) is 10.1 Å². The third-order valence-corrected chi connectivity index (χ3v) is 8.18. The summed E-state index contributed by atoms with van der Waals surface area (Å²) in [6.45, 7) is 1.07. The van der Waals surface area contributed by atoms with Crippen molar-refractivity contribution >= 4 is 44.0 Å². The minimum absolute atomic E-state index is 0.197. The Morgan fingerprint density at radius 1 is 0.968 bits per heavy atom. The molecule has 1 saturated heterocycles. The number of hydrogen-bond acceptors (Lipinski definition) is 6. The maximum Gasteiger partial charge on any atom is 0.257 e. The topological polar surface area (TPSA) is 92.3 Å². The zero-order valence-electron chi connectivity index (χ0n) is 16.6. The lowest BCUT2D eigenvalue weighted by atomic mass is 10.2. The number of halogens is 1. The van der Waals surface area contributed by atoms with Crippen LogP contribution in [0.25, 0.3) is 10.6 Å². The van der Waals surface area contributed by atoms with E-state index in [0.717, 1.165) is 31.2 Å². The first kappa shape index (κ1) is 21.9. The van der Waals surface area contributed by atoms with E-state index in [-0.39, 0.29) is 10.8 Å². The highest BCUT2D eigenvalue weighted by molar-refractivity contribution is 7.89. The van der Waals surface area contributed by atoms with Crippen molar-refractivity contribution in [1.29, 1.82) is 0 Å². The lowest BCUT2D eigenvalue weighted by molar-refractivity contribution is 0.102. The molecule has 1 aliphatic heterocycles. The SMILES string of the molecule is O=C(Nc1nnc(-c2ccccc2Cl)s1)c1ccc(S(=O)(=O)N2CCCCCC2)cc1. The van der Waals surface area contributed by atoms with Gasteiger partial charge in [0, 0.05) is 24.2 Å². The summed E-state index contributed by atoms with van der Waals surface area (Å²) < 4.78 is 27.3. The van der Waals surface area contributed by atoms with Crippen LogP contribution in [0, 0.1) is 0 Å². The monoisotopic (exact) mass is 476 g/mol. The van der Waals surface area contributed by atoms with Crippen molar-refractivity contribution in [3.63, 3.8) is 0 Å². The second-order valence-corrected chi connectivity index (χ2v) is 10.5. The minimum atomic E-state index is -3.55. The molecule has 0 unspecified atom stereocenters. The van der Waals surface area contributed by atoms with Crippen LogP contribution in [0.15, 0.2) is 53.4 Å². The third-order valence-electron chi connectivity index (χ3n) is 5.07. The molecule has 2 aromatic carbocycles. The second-order valence-electron chi connectivity index (χ2n) is 7.19. The fraction of sp³-hybridized carbons (Fsp3) is 0.286. The molecule has 0 aliphatic carbocycles. The molecule has 10 heteroatoms. The van der Waals surface area contributed by atoms with Crippen molar-refractivity contribution in [2.75, 3.05) is 18.4 Å². The molecule has 31 heavy (non-hydrogen) atoms. The first-order chi connectivity index (χ1) is 14.9. The Kier molecular flexibility index (Phi) is 6.66. The molecule has 0 bridgehead atoms. The van der Waals surface area contributed by atoms with Gasteiger partial charge in [-0.05, 0) is 43.2 Å². The lowest BCUT2D eigenvalue weighted by Gasteiger charge is -2.20. The van der Waals surface area contributed by atoms with Gasteiger partial charge in [-0.2, -0.15) is 4.31 Å². The van der Waals surface area contributed by atoms with Gasteiger partial charge >= 0.3 is 0 Å². The van der Waals surface area contributed by atoms with Gasteiger partial charge in [0.15, 0.2) is 5.01 Å². The third kappa shape index (κ3) is 4.95. The molecule has 3 aromatic rings. The van der Waals surface area contributed by atoms with Gasteiger partial charge in [0.05, 0.1) is 9.92 Å². The van der Waals surface area contributed by atoms with Crippen LogP contribution in [0.1, 0.15) is 36.0 Å². The summed E-state index contributed by atoms with van der Waals surface area (Å²) in [6, 6.07) is 13.2. The number of benzene rings is 2. The number of nitrogens with one attached hydrogen (secondary N) is 1. The van der Waals surface area contributed by atoms with Gasteiger partial charge in [-0.1, -0.05) is 54.0 Å². The fourth-order valence-corrected chi connectivity index (χ4v) is 5.97. The van der Waals surface area contributed by atoms with Crippen LogP contribution in [0.2, 0.25) is 5.02 Å². The average molecular weight is 477 g/mol. The average Bonchev–Trinajstić information content (AvgIpc) is 3.05. The van der Waals surface area contributed by atoms with Crippen LogP contribution in [0.5, 0.6) is 0 Å². The maximum absolute atomic E-state index is 12.9. The number of nitrogens with zero attached hydrogens (tertiary/aromatic N) is 3. The molecule has 0 saturated carbocycles. The first-order valence-corrected chi connectivity index (χ1v) is 12.6. The molecule has 7 nitrogen and oxygen atoms in total. The molecule has 1 fully saturated rings. The molecule has 1 N–H and O–H groups in total. The number of amides is 1. The van der Waals surface area contributed by atoms with E-state index >= 15 is 0 Å². The Labute approximate surface area is 190 Å². The molecular weight excluding hydrogens is 456 g/mol. The summed E-state index contributed by atoms with van der Waals surface area (Å²) in [5, 5.41) is 12.3. The van der Waals surface area contributed by atoms with E-state index in [9.17, 15) is 13.2 Å². The Morgan fingerprint density at radius 2 is 1.65 bits per heavy atom. The summed E-state index contributed by atoms with van der Waals surface area (Å²) in [6.07, 6.45) is 3.85. The lowest BCUT2D eigenvalue weighted by Crippen LogP contribution is -2.31. The van der Waals surface area contributed by atoms with Crippen LogP contribution < -0.4 is 5.32 Å². The van der Waals surface area contributed by atoms with Gasteiger partial charge in [-0.25, -0.2) is 8.42 Å². The van der Waals surface area contributed by atoms with Gasteiger partial charge < -0.3 is 0 Å². The van der Waals surface area contributed by atoms with Gasteiger partial charge in [0.25, 0.3) is 5.91 Å². The van der Waals surface area contributed by atoms with Crippen molar-refractivity contribution in [2.24, 2.45) is 0 Å². The fourth-order valence-electron chi connectivity index (χ4n) is 3.40. The molecule has 1 aromatic heterocycles. The van der Waals surface area contributed by atoms with E-state index in [2.05, 4.69) is 15.5 Å². The van der Waals surface area contributed by atoms with E-state index in [1.807, 2.05) is 18.2 Å². The predicted octanol–water partition coefficient (Wildman–Crippen LogP) is 4.68. The highest BCUT2D eigenvalue weighted by Gasteiger charge is 2.25. The summed E-state index contributed by atoms with van der Waals surface area (Å²) >= 11 is 7.40. The number of hydrogen-bond donors (Lipinski definition) is 1. The largest absolute Gasteiger partial charge is 0.296 e. The molecular formula is C21H21ClN4O3S2. The maximum atomic E-state index is 12.9. The molecule has 0 atom stereocenters. The summed E-state index contributed by atoms with van der Waals surface area (Å²) in [7, 11) is -3.55. The van der Waals surface area contributed by atoms with E-state index in [1.54, 1.807) is 6.07 Å². The van der Waals surface area contributed by atoms with Crippen molar-refractivity contribution in [2.45, 2.75) is 30.6 Å². The second kappa shape index (κ2) is 9.44. The molecule has 2 heterocycles. The summed E-state index contributed by atoms with van der Waals surface area (Å²) in [5.74, 6) is -0.388.